The number of esters is 1. The van der Waals surface area contributed by atoms with Gasteiger partial charge in [-0.05, 0) is 31.5 Å². The summed E-state index contributed by atoms with van der Waals surface area (Å²) in [5.41, 5.74) is 2.49. The molecule has 0 spiro atoms. The van der Waals surface area contributed by atoms with Crippen LogP contribution in [-0.4, -0.2) is 27.5 Å². The molecule has 0 bridgehead atoms. The monoisotopic (exact) mass is 355 g/mol. The Kier molecular flexibility index (Phi) is 5.04. The molecule has 3 aromatic rings. The van der Waals surface area contributed by atoms with Gasteiger partial charge in [-0.2, -0.15) is 0 Å². The number of aryl methyl sites for hydroxylation is 1. The minimum atomic E-state index is -0.443. The number of aromatic amines is 1. The van der Waals surface area contributed by atoms with Crippen molar-refractivity contribution in [1.82, 2.24) is 15.0 Å². The Morgan fingerprint density at radius 2 is 2.04 bits per heavy atom. The van der Waals surface area contributed by atoms with Crippen LogP contribution in [-0.2, 0) is 11.2 Å². The third kappa shape index (κ3) is 3.51. The lowest BCUT2D eigenvalue weighted by Crippen LogP contribution is -2.18. The zero-order chi connectivity index (χ0) is 17.8. The van der Waals surface area contributed by atoms with Crippen molar-refractivity contribution in [2.24, 2.45) is 0 Å². The summed E-state index contributed by atoms with van der Waals surface area (Å²) in [5.74, 6) is -0.443. The van der Waals surface area contributed by atoms with Gasteiger partial charge in [0.1, 0.15) is 5.01 Å². The fourth-order valence-corrected chi connectivity index (χ4v) is 3.28. The third-order valence-corrected chi connectivity index (χ3v) is 4.57. The van der Waals surface area contributed by atoms with E-state index in [1.807, 2.05) is 19.1 Å². The van der Waals surface area contributed by atoms with Crippen LogP contribution in [0.4, 0.5) is 0 Å². The maximum atomic E-state index is 12.4. The third-order valence-electron chi connectivity index (χ3n) is 3.68. The van der Waals surface area contributed by atoms with E-state index in [-0.39, 0.29) is 12.2 Å². The van der Waals surface area contributed by atoms with Crippen LogP contribution in [0, 0.1) is 0 Å². The molecule has 0 saturated carbocycles. The maximum absolute atomic E-state index is 12.4. The van der Waals surface area contributed by atoms with Crippen molar-refractivity contribution >= 4 is 17.3 Å². The van der Waals surface area contributed by atoms with Gasteiger partial charge < -0.3 is 9.72 Å². The van der Waals surface area contributed by atoms with Crippen molar-refractivity contribution in [3.8, 4) is 21.8 Å². The van der Waals surface area contributed by atoms with Gasteiger partial charge in [0, 0.05) is 29.0 Å². The highest BCUT2D eigenvalue weighted by Gasteiger charge is 2.18. The fourth-order valence-electron chi connectivity index (χ4n) is 2.45. The van der Waals surface area contributed by atoms with Crippen LogP contribution < -0.4 is 5.56 Å². The summed E-state index contributed by atoms with van der Waals surface area (Å²) in [6, 6.07) is 5.29. The number of nitrogens with zero attached hydrogens (tertiary/aromatic N) is 2. The number of hydrogen-bond donors (Lipinski definition) is 1. The maximum Gasteiger partial charge on any atom is 0.339 e. The van der Waals surface area contributed by atoms with Crippen molar-refractivity contribution in [2.75, 3.05) is 6.61 Å². The predicted molar refractivity (Wildman–Crippen MR) is 96.7 cm³/mol. The first-order valence-corrected chi connectivity index (χ1v) is 8.81. The van der Waals surface area contributed by atoms with Crippen molar-refractivity contribution < 1.29 is 9.53 Å². The second kappa shape index (κ2) is 7.40. The molecule has 3 aromatic heterocycles. The summed E-state index contributed by atoms with van der Waals surface area (Å²) in [5, 5.41) is 2.59. The number of thiazole rings is 1. The first-order chi connectivity index (χ1) is 12.1. The lowest BCUT2D eigenvalue weighted by molar-refractivity contribution is 0.0524. The number of ether oxygens (including phenoxy) is 1. The number of hydrogen-bond acceptors (Lipinski definition) is 6. The number of aromatic nitrogens is 3. The molecule has 0 aliphatic rings. The Morgan fingerprint density at radius 3 is 2.72 bits per heavy atom. The molecular formula is C18H17N3O3S. The van der Waals surface area contributed by atoms with E-state index in [0.29, 0.717) is 28.9 Å². The molecule has 0 saturated heterocycles. The van der Waals surface area contributed by atoms with Gasteiger partial charge in [0.15, 0.2) is 0 Å². The van der Waals surface area contributed by atoms with Crippen LogP contribution in [0.2, 0.25) is 0 Å². The molecule has 1 N–H and O–H groups in total. The topological polar surface area (TPSA) is 84.9 Å². The first kappa shape index (κ1) is 17.0. The summed E-state index contributed by atoms with van der Waals surface area (Å²) in [7, 11) is 0. The summed E-state index contributed by atoms with van der Waals surface area (Å²) >= 11 is 1.43. The second-order valence-corrected chi connectivity index (χ2v) is 6.11. The van der Waals surface area contributed by atoms with Crippen molar-refractivity contribution in [3.05, 3.63) is 57.6 Å². The molecule has 7 heteroatoms. The van der Waals surface area contributed by atoms with Gasteiger partial charge in [-0.3, -0.25) is 9.78 Å². The largest absolute Gasteiger partial charge is 0.462 e. The molecule has 0 fully saturated rings. The van der Waals surface area contributed by atoms with Crippen LogP contribution in [0.5, 0.6) is 0 Å². The molecule has 0 radical (unpaired) electrons. The Hall–Kier alpha value is -2.80. The van der Waals surface area contributed by atoms with E-state index in [2.05, 4.69) is 15.0 Å². The first-order valence-electron chi connectivity index (χ1n) is 7.93. The van der Waals surface area contributed by atoms with E-state index >= 15 is 0 Å². The van der Waals surface area contributed by atoms with E-state index < -0.39 is 5.97 Å². The minimum absolute atomic E-state index is 0.267. The Labute approximate surface area is 148 Å². The lowest BCUT2D eigenvalue weighted by atomic mass is 10.1. The lowest BCUT2D eigenvalue weighted by Gasteiger charge is -2.08. The van der Waals surface area contributed by atoms with Crippen LogP contribution >= 0.6 is 11.3 Å². The highest BCUT2D eigenvalue weighted by atomic mass is 32.1. The van der Waals surface area contributed by atoms with Crippen molar-refractivity contribution in [3.63, 3.8) is 0 Å². The predicted octanol–water partition coefficient (Wildman–Crippen LogP) is 3.30. The number of nitrogens with one attached hydrogen (secondary N) is 1. The highest BCUT2D eigenvalue weighted by molar-refractivity contribution is 7.13. The smallest absolute Gasteiger partial charge is 0.339 e. The Balaban J connectivity index is 2.06. The molecule has 128 valence electrons. The molecule has 0 atom stereocenters. The Morgan fingerprint density at radius 1 is 1.28 bits per heavy atom. The van der Waals surface area contributed by atoms with E-state index in [1.54, 1.807) is 30.8 Å². The molecule has 0 aromatic carbocycles. The van der Waals surface area contributed by atoms with Gasteiger partial charge in [-0.15, -0.1) is 11.3 Å². The molecule has 0 unspecified atom stereocenters. The molecule has 3 heterocycles. The quantitative estimate of drug-likeness (QED) is 0.710. The Bertz CT molecular complexity index is 948. The van der Waals surface area contributed by atoms with E-state index in [9.17, 15) is 9.59 Å². The average molecular weight is 355 g/mol. The minimum Gasteiger partial charge on any atom is -0.462 e. The second-order valence-electron chi connectivity index (χ2n) is 5.25. The number of rotatable bonds is 5. The molecule has 0 aliphatic carbocycles. The summed E-state index contributed by atoms with van der Waals surface area (Å²) < 4.78 is 5.09. The highest BCUT2D eigenvalue weighted by Crippen LogP contribution is 2.27. The van der Waals surface area contributed by atoms with Crippen LogP contribution in [0.3, 0.4) is 0 Å². The van der Waals surface area contributed by atoms with Gasteiger partial charge in [-0.1, -0.05) is 6.92 Å². The molecule has 0 amide bonds. The summed E-state index contributed by atoms with van der Waals surface area (Å²) in [4.78, 5) is 35.9. The van der Waals surface area contributed by atoms with Gasteiger partial charge in [0.2, 0.25) is 0 Å². The average Bonchev–Trinajstić information content (AvgIpc) is 3.12. The SMILES string of the molecule is CCOC(=O)c1cc(-c2csc(-c3ccncc3)n2)c(=O)[nH]c1CC. The molecule has 25 heavy (non-hydrogen) atoms. The zero-order valence-corrected chi connectivity index (χ0v) is 14.7. The fraction of sp³-hybridized carbons (Fsp3) is 0.222. The molecule has 3 rings (SSSR count). The number of carbonyl (C=O) groups is 1. The van der Waals surface area contributed by atoms with E-state index in [4.69, 9.17) is 4.74 Å². The van der Waals surface area contributed by atoms with E-state index in [1.165, 1.54) is 11.3 Å². The number of carbonyl (C=O) groups excluding carboxylic acids is 1. The zero-order valence-electron chi connectivity index (χ0n) is 13.9. The number of H-pyrrole nitrogens is 1. The normalized spacial score (nSPS) is 10.6. The molecule has 0 aliphatic heterocycles. The summed E-state index contributed by atoms with van der Waals surface area (Å²) in [6.07, 6.45) is 3.92. The summed E-state index contributed by atoms with van der Waals surface area (Å²) in [6.45, 7) is 3.90. The van der Waals surface area contributed by atoms with E-state index in [0.717, 1.165) is 10.6 Å². The van der Waals surface area contributed by atoms with Crippen molar-refractivity contribution in [2.45, 2.75) is 20.3 Å². The van der Waals surface area contributed by atoms with Gasteiger partial charge in [-0.25, -0.2) is 9.78 Å². The molecule has 6 nitrogen and oxygen atoms in total. The number of pyridine rings is 2. The van der Waals surface area contributed by atoms with Crippen LogP contribution in [0.25, 0.3) is 21.8 Å². The van der Waals surface area contributed by atoms with Crippen LogP contribution in [0.15, 0.2) is 40.8 Å². The van der Waals surface area contributed by atoms with Crippen molar-refractivity contribution in [1.29, 1.82) is 0 Å². The van der Waals surface area contributed by atoms with Crippen LogP contribution in [0.1, 0.15) is 29.9 Å². The van der Waals surface area contributed by atoms with Gasteiger partial charge in [0.25, 0.3) is 5.56 Å². The van der Waals surface area contributed by atoms with Gasteiger partial charge in [0.05, 0.1) is 23.4 Å². The molecular weight excluding hydrogens is 338 g/mol. The standard InChI is InChI=1S/C18H17N3O3S/c1-3-14-13(18(23)24-4-2)9-12(16(22)20-14)15-10-25-17(21-15)11-5-7-19-8-6-11/h5-10H,3-4H2,1-2H3,(H,20,22). The van der Waals surface area contributed by atoms with Gasteiger partial charge >= 0.3 is 5.97 Å².